The summed E-state index contributed by atoms with van der Waals surface area (Å²) in [5.74, 6) is 0.781. The molecule has 0 radical (unpaired) electrons. The maximum atomic E-state index is 5.26. The lowest BCUT2D eigenvalue weighted by Gasteiger charge is -2.11. The highest BCUT2D eigenvalue weighted by Gasteiger charge is 2.27. The lowest BCUT2D eigenvalue weighted by molar-refractivity contribution is 1.25. The van der Waals surface area contributed by atoms with Gasteiger partial charge in [0.2, 0.25) is 0 Å². The molecule has 176 valence electrons. The van der Waals surface area contributed by atoms with Crippen LogP contribution in [0.4, 0.5) is 0 Å². The maximum absolute atomic E-state index is 5.26. The predicted octanol–water partition coefficient (Wildman–Crippen LogP) is 10.2. The Morgan fingerprint density at radius 1 is 0.500 bits per heavy atom. The summed E-state index contributed by atoms with van der Waals surface area (Å²) in [6.07, 6.45) is 0. The number of fused-ring (bicyclic) bond motifs is 8. The Morgan fingerprint density at radius 2 is 1.21 bits per heavy atom. The van der Waals surface area contributed by atoms with Gasteiger partial charge in [-0.25, -0.2) is 9.97 Å². The molecule has 0 saturated carbocycles. The van der Waals surface area contributed by atoms with E-state index in [9.17, 15) is 0 Å². The van der Waals surface area contributed by atoms with E-state index in [1.807, 2.05) is 11.3 Å². The van der Waals surface area contributed by atoms with Crippen LogP contribution in [0.5, 0.6) is 0 Å². The first-order valence-electron chi connectivity index (χ1n) is 12.7. The van der Waals surface area contributed by atoms with Crippen molar-refractivity contribution in [2.75, 3.05) is 0 Å². The molecule has 0 aliphatic heterocycles. The topological polar surface area (TPSA) is 25.8 Å². The molecule has 4 heteroatoms. The third kappa shape index (κ3) is 2.71. The Labute approximate surface area is 226 Å². The molecular formula is C34H18N2S2. The summed E-state index contributed by atoms with van der Waals surface area (Å²) in [7, 11) is 0. The number of benzene rings is 5. The van der Waals surface area contributed by atoms with Gasteiger partial charge in [-0.2, -0.15) is 0 Å². The third-order valence-corrected chi connectivity index (χ3v) is 10.0. The van der Waals surface area contributed by atoms with Crippen LogP contribution >= 0.6 is 22.7 Å². The van der Waals surface area contributed by atoms with Crippen LogP contribution < -0.4 is 0 Å². The minimum atomic E-state index is 0.781. The van der Waals surface area contributed by atoms with E-state index in [1.165, 1.54) is 52.5 Å². The second-order valence-electron chi connectivity index (χ2n) is 9.73. The Hall–Kier alpha value is -4.38. The average Bonchev–Trinajstić information content (AvgIpc) is 3.64. The predicted molar refractivity (Wildman–Crippen MR) is 163 cm³/mol. The number of aromatic nitrogens is 2. The lowest BCUT2D eigenvalue weighted by Crippen LogP contribution is -1.94. The molecule has 1 aliphatic rings. The first-order valence-corrected chi connectivity index (χ1v) is 14.3. The van der Waals surface area contributed by atoms with Crippen LogP contribution in [0.25, 0.3) is 85.4 Å². The molecule has 0 unspecified atom stereocenters. The number of thiophene rings is 2. The Balaban J connectivity index is 1.36. The van der Waals surface area contributed by atoms with Gasteiger partial charge in [-0.3, -0.25) is 0 Å². The summed E-state index contributed by atoms with van der Waals surface area (Å²) in [5.41, 5.74) is 8.24. The number of hydrogen-bond acceptors (Lipinski definition) is 4. The highest BCUT2D eigenvalue weighted by atomic mass is 32.1. The number of rotatable bonds is 2. The van der Waals surface area contributed by atoms with Crippen LogP contribution in [-0.4, -0.2) is 9.97 Å². The Kier molecular flexibility index (Phi) is 4.12. The summed E-state index contributed by atoms with van der Waals surface area (Å²) in [6, 6.07) is 39.0. The van der Waals surface area contributed by atoms with Crippen molar-refractivity contribution in [3.63, 3.8) is 0 Å². The fourth-order valence-corrected chi connectivity index (χ4v) is 8.41. The average molecular weight is 519 g/mol. The van der Waals surface area contributed by atoms with Crippen molar-refractivity contribution in [1.82, 2.24) is 9.97 Å². The quantitative estimate of drug-likeness (QED) is 0.227. The highest BCUT2D eigenvalue weighted by molar-refractivity contribution is 7.26. The van der Waals surface area contributed by atoms with E-state index in [0.29, 0.717) is 0 Å². The van der Waals surface area contributed by atoms with Crippen LogP contribution in [0.15, 0.2) is 109 Å². The van der Waals surface area contributed by atoms with Gasteiger partial charge >= 0.3 is 0 Å². The van der Waals surface area contributed by atoms with E-state index in [4.69, 9.17) is 9.97 Å². The molecule has 8 aromatic rings. The van der Waals surface area contributed by atoms with Crippen molar-refractivity contribution < 1.29 is 0 Å². The molecule has 0 saturated heterocycles. The van der Waals surface area contributed by atoms with Crippen molar-refractivity contribution in [2.24, 2.45) is 0 Å². The molecule has 0 amide bonds. The molecule has 3 heterocycles. The van der Waals surface area contributed by atoms with Gasteiger partial charge in [-0.15, -0.1) is 22.7 Å². The van der Waals surface area contributed by atoms with Crippen molar-refractivity contribution in [3.8, 4) is 44.2 Å². The van der Waals surface area contributed by atoms with Crippen LogP contribution in [0.1, 0.15) is 0 Å². The van der Waals surface area contributed by atoms with Gasteiger partial charge in [-0.05, 0) is 34.5 Å². The molecule has 3 aromatic heterocycles. The summed E-state index contributed by atoms with van der Waals surface area (Å²) in [5, 5.41) is 5.06. The minimum Gasteiger partial charge on any atom is -0.226 e. The zero-order chi connectivity index (χ0) is 24.8. The number of nitrogens with zero attached hydrogens (tertiary/aromatic N) is 2. The SMILES string of the molecule is c1ccc(-c2nc(-c3ccc4c5c(cccc35)-c3c-4sc4ccccc34)nc3c2sc2ccccc23)cc1. The van der Waals surface area contributed by atoms with Crippen molar-refractivity contribution in [1.29, 1.82) is 0 Å². The normalized spacial score (nSPS) is 12.2. The first kappa shape index (κ1) is 20.7. The highest BCUT2D eigenvalue weighted by Crippen LogP contribution is 2.55. The van der Waals surface area contributed by atoms with Crippen molar-refractivity contribution in [3.05, 3.63) is 109 Å². The summed E-state index contributed by atoms with van der Waals surface area (Å²) >= 11 is 3.67. The van der Waals surface area contributed by atoms with Gasteiger partial charge in [-0.1, -0.05) is 91.0 Å². The van der Waals surface area contributed by atoms with Crippen LogP contribution in [0.2, 0.25) is 0 Å². The van der Waals surface area contributed by atoms with Gasteiger partial charge in [0.25, 0.3) is 0 Å². The molecule has 0 N–H and O–H groups in total. The van der Waals surface area contributed by atoms with Crippen LogP contribution in [0.3, 0.4) is 0 Å². The smallest absolute Gasteiger partial charge is 0.161 e. The molecule has 9 rings (SSSR count). The molecule has 0 spiro atoms. The second-order valence-corrected chi connectivity index (χ2v) is 11.8. The van der Waals surface area contributed by atoms with Gasteiger partial charge in [0, 0.05) is 47.3 Å². The summed E-state index contributed by atoms with van der Waals surface area (Å²) in [4.78, 5) is 11.9. The zero-order valence-corrected chi connectivity index (χ0v) is 21.7. The van der Waals surface area contributed by atoms with Gasteiger partial charge < -0.3 is 0 Å². The monoisotopic (exact) mass is 518 g/mol. The fourth-order valence-electron chi connectivity index (χ4n) is 6.00. The first-order chi connectivity index (χ1) is 18.8. The standard InChI is InChI=1S/C34H18N2S2/c1-2-9-19(10-3-1)30-33-31(23-12-5-7-16-27(23)38-33)36-34(35-30)21-17-18-25-28-20(21)13-8-14-24(28)29-22-11-4-6-15-26(22)37-32(25)29/h1-18H. The van der Waals surface area contributed by atoms with E-state index in [0.717, 1.165) is 32.9 Å². The van der Waals surface area contributed by atoms with Crippen molar-refractivity contribution >= 4 is 63.8 Å². The molecule has 5 aromatic carbocycles. The molecule has 0 atom stereocenters. The third-order valence-electron chi connectivity index (χ3n) is 7.66. The minimum absolute atomic E-state index is 0.781. The zero-order valence-electron chi connectivity index (χ0n) is 20.1. The van der Waals surface area contributed by atoms with Gasteiger partial charge in [0.15, 0.2) is 5.82 Å². The molecule has 0 bridgehead atoms. The summed E-state index contributed by atoms with van der Waals surface area (Å²) < 4.78 is 3.72. The van der Waals surface area contributed by atoms with Gasteiger partial charge in [0.05, 0.1) is 15.9 Å². The molecular weight excluding hydrogens is 501 g/mol. The summed E-state index contributed by atoms with van der Waals surface area (Å²) in [6.45, 7) is 0. The Morgan fingerprint density at radius 3 is 2.08 bits per heavy atom. The van der Waals surface area contributed by atoms with Crippen molar-refractivity contribution in [2.45, 2.75) is 0 Å². The van der Waals surface area contributed by atoms with Gasteiger partial charge in [0.1, 0.15) is 0 Å². The van der Waals surface area contributed by atoms with E-state index in [1.54, 1.807) is 11.3 Å². The largest absolute Gasteiger partial charge is 0.226 e. The lowest BCUT2D eigenvalue weighted by atomic mass is 9.97. The number of hydrogen-bond donors (Lipinski definition) is 0. The Bertz CT molecular complexity index is 2240. The second kappa shape index (κ2) is 7.57. The van der Waals surface area contributed by atoms with Crippen LogP contribution in [0, 0.1) is 0 Å². The van der Waals surface area contributed by atoms with Crippen LogP contribution in [-0.2, 0) is 0 Å². The molecule has 1 aliphatic carbocycles. The maximum Gasteiger partial charge on any atom is 0.161 e. The molecule has 0 fully saturated rings. The van der Waals surface area contributed by atoms with E-state index in [2.05, 4.69) is 109 Å². The van der Waals surface area contributed by atoms with E-state index in [-0.39, 0.29) is 0 Å². The van der Waals surface area contributed by atoms with E-state index < -0.39 is 0 Å². The molecule has 38 heavy (non-hydrogen) atoms. The molecule has 2 nitrogen and oxygen atoms in total. The van der Waals surface area contributed by atoms with E-state index >= 15 is 0 Å². The fraction of sp³-hybridized carbons (Fsp3) is 0.